The number of nitriles is 1. The maximum Gasteiger partial charge on any atom is 0.267 e. The van der Waals surface area contributed by atoms with Gasteiger partial charge < -0.3 is 10.6 Å². The van der Waals surface area contributed by atoms with Gasteiger partial charge in [0.2, 0.25) is 0 Å². The number of hydrogen-bond donors (Lipinski definition) is 2. The molecule has 0 aliphatic heterocycles. The molecular weight excluding hydrogens is 310 g/mol. The monoisotopic (exact) mass is 325 g/mol. The summed E-state index contributed by atoms with van der Waals surface area (Å²) in [7, 11) is 0. The van der Waals surface area contributed by atoms with Crippen LogP contribution in [-0.2, 0) is 11.3 Å². The molecule has 0 aliphatic carbocycles. The van der Waals surface area contributed by atoms with Crippen LogP contribution in [0.2, 0.25) is 5.02 Å². The molecule has 1 amide bonds. The lowest BCUT2D eigenvalue weighted by Crippen LogP contribution is -2.17. The van der Waals surface area contributed by atoms with Gasteiger partial charge in [0, 0.05) is 23.5 Å². The summed E-state index contributed by atoms with van der Waals surface area (Å²) in [5.41, 5.74) is 2.51. The fourth-order valence-electron chi connectivity index (χ4n) is 1.96. The van der Waals surface area contributed by atoms with E-state index >= 15 is 0 Å². The number of anilines is 1. The maximum absolute atomic E-state index is 12.1. The Labute approximate surface area is 140 Å². The van der Waals surface area contributed by atoms with Crippen LogP contribution >= 0.6 is 11.6 Å². The molecule has 0 atom stereocenters. The van der Waals surface area contributed by atoms with Crippen molar-refractivity contribution in [1.29, 1.82) is 5.26 Å². The van der Waals surface area contributed by atoms with E-state index in [-0.39, 0.29) is 5.57 Å². The molecule has 0 bridgehead atoms. The first-order valence-electron chi connectivity index (χ1n) is 7.06. The number of aryl methyl sites for hydroxylation is 1. The number of nitrogens with one attached hydrogen (secondary N) is 2. The van der Waals surface area contributed by atoms with Crippen LogP contribution < -0.4 is 10.6 Å². The molecule has 0 unspecified atom stereocenters. The van der Waals surface area contributed by atoms with Gasteiger partial charge in [-0.05, 0) is 30.2 Å². The number of amides is 1. The average molecular weight is 326 g/mol. The first-order chi connectivity index (χ1) is 11.1. The van der Waals surface area contributed by atoms with Gasteiger partial charge in [0.05, 0.1) is 0 Å². The molecule has 2 N–H and O–H groups in total. The van der Waals surface area contributed by atoms with Crippen molar-refractivity contribution in [1.82, 2.24) is 5.32 Å². The Morgan fingerprint density at radius 3 is 2.61 bits per heavy atom. The zero-order chi connectivity index (χ0) is 16.7. The van der Waals surface area contributed by atoms with Gasteiger partial charge in [-0.2, -0.15) is 5.26 Å². The number of para-hydroxylation sites is 1. The van der Waals surface area contributed by atoms with E-state index in [9.17, 15) is 4.79 Å². The Hall–Kier alpha value is -2.77. The van der Waals surface area contributed by atoms with E-state index in [0.29, 0.717) is 17.3 Å². The molecule has 0 aliphatic rings. The van der Waals surface area contributed by atoms with E-state index in [1.165, 1.54) is 6.20 Å². The van der Waals surface area contributed by atoms with Crippen molar-refractivity contribution in [2.75, 3.05) is 5.32 Å². The molecule has 0 saturated heterocycles. The second-order valence-corrected chi connectivity index (χ2v) is 5.32. The lowest BCUT2D eigenvalue weighted by Gasteiger charge is -2.08. The number of nitrogens with zero attached hydrogens (tertiary/aromatic N) is 1. The Morgan fingerprint density at radius 1 is 1.22 bits per heavy atom. The molecular formula is C18H16ClN3O. The molecule has 0 radical (unpaired) electrons. The van der Waals surface area contributed by atoms with Crippen molar-refractivity contribution in [2.24, 2.45) is 0 Å². The second-order valence-electron chi connectivity index (χ2n) is 4.91. The van der Waals surface area contributed by atoms with Gasteiger partial charge >= 0.3 is 0 Å². The lowest BCUT2D eigenvalue weighted by atomic mass is 10.2. The average Bonchev–Trinajstić information content (AvgIpc) is 2.55. The normalized spacial score (nSPS) is 10.7. The van der Waals surface area contributed by atoms with Crippen LogP contribution in [0.25, 0.3) is 0 Å². The summed E-state index contributed by atoms with van der Waals surface area (Å²) in [5.74, 6) is -0.451. The molecule has 116 valence electrons. The minimum atomic E-state index is -0.451. The molecule has 0 heterocycles. The number of carbonyl (C=O) groups is 1. The smallest absolute Gasteiger partial charge is 0.267 e. The first-order valence-corrected chi connectivity index (χ1v) is 7.43. The first kappa shape index (κ1) is 16.6. The highest BCUT2D eigenvalue weighted by molar-refractivity contribution is 6.31. The molecule has 5 heteroatoms. The predicted octanol–water partition coefficient (Wildman–Crippen LogP) is 3.78. The summed E-state index contributed by atoms with van der Waals surface area (Å²) in [6, 6.07) is 16.7. The van der Waals surface area contributed by atoms with E-state index in [4.69, 9.17) is 16.9 Å². The molecule has 2 rings (SSSR count). The minimum Gasteiger partial charge on any atom is -0.386 e. The number of rotatable bonds is 5. The van der Waals surface area contributed by atoms with Crippen LogP contribution in [0, 0.1) is 18.3 Å². The fraction of sp³-hybridized carbons (Fsp3) is 0.111. The van der Waals surface area contributed by atoms with Crippen LogP contribution in [0.3, 0.4) is 0 Å². The fourth-order valence-corrected chi connectivity index (χ4v) is 2.16. The Morgan fingerprint density at radius 2 is 1.91 bits per heavy atom. The highest BCUT2D eigenvalue weighted by Crippen LogP contribution is 2.15. The number of carbonyl (C=O) groups excluding carboxylic acids is 1. The molecule has 0 spiro atoms. The van der Waals surface area contributed by atoms with Crippen molar-refractivity contribution in [3.05, 3.63) is 76.5 Å². The maximum atomic E-state index is 12.1. The van der Waals surface area contributed by atoms with Crippen LogP contribution in [0.15, 0.2) is 60.3 Å². The molecule has 0 aromatic heterocycles. The molecule has 2 aromatic carbocycles. The van der Waals surface area contributed by atoms with Gasteiger partial charge in [-0.3, -0.25) is 4.79 Å². The third kappa shape index (κ3) is 4.60. The van der Waals surface area contributed by atoms with Gasteiger partial charge in [0.15, 0.2) is 0 Å². The Bertz CT molecular complexity index is 778. The van der Waals surface area contributed by atoms with Crippen molar-refractivity contribution in [3.8, 4) is 6.07 Å². The van der Waals surface area contributed by atoms with E-state index in [1.807, 2.05) is 49.4 Å². The summed E-state index contributed by atoms with van der Waals surface area (Å²) >= 11 is 6.06. The van der Waals surface area contributed by atoms with Crippen molar-refractivity contribution in [3.63, 3.8) is 0 Å². The van der Waals surface area contributed by atoms with Gasteiger partial charge in [-0.25, -0.2) is 0 Å². The van der Waals surface area contributed by atoms with Gasteiger partial charge in [0.25, 0.3) is 5.91 Å². The number of hydrogen-bond acceptors (Lipinski definition) is 3. The second kappa shape index (κ2) is 8.02. The topological polar surface area (TPSA) is 64.9 Å². The summed E-state index contributed by atoms with van der Waals surface area (Å²) in [6.45, 7) is 2.32. The third-order valence-electron chi connectivity index (χ3n) is 3.26. The highest BCUT2D eigenvalue weighted by Gasteiger charge is 2.10. The summed E-state index contributed by atoms with van der Waals surface area (Å²) in [5, 5.41) is 15.5. The molecule has 23 heavy (non-hydrogen) atoms. The van der Waals surface area contributed by atoms with E-state index in [1.54, 1.807) is 12.1 Å². The van der Waals surface area contributed by atoms with Crippen LogP contribution in [0.5, 0.6) is 0 Å². The van der Waals surface area contributed by atoms with Crippen LogP contribution in [0.4, 0.5) is 5.69 Å². The van der Waals surface area contributed by atoms with Crippen molar-refractivity contribution < 1.29 is 4.79 Å². The standard InChI is InChI=1S/C18H16ClN3O/c1-13-6-2-5-9-17(13)22-18(23)15(10-20)12-21-11-14-7-3-4-8-16(14)19/h2-9,12,21H,11H2,1H3,(H,22,23)/b15-12-. The zero-order valence-corrected chi connectivity index (χ0v) is 13.4. The van der Waals surface area contributed by atoms with Crippen molar-refractivity contribution in [2.45, 2.75) is 13.5 Å². The van der Waals surface area contributed by atoms with E-state index < -0.39 is 5.91 Å². The van der Waals surface area contributed by atoms with Gasteiger partial charge in [-0.1, -0.05) is 48.0 Å². The Balaban J connectivity index is 2.01. The van der Waals surface area contributed by atoms with Crippen LogP contribution in [0.1, 0.15) is 11.1 Å². The third-order valence-corrected chi connectivity index (χ3v) is 3.62. The van der Waals surface area contributed by atoms with Crippen molar-refractivity contribution >= 4 is 23.2 Å². The van der Waals surface area contributed by atoms with Gasteiger partial charge in [-0.15, -0.1) is 0 Å². The Kier molecular flexibility index (Phi) is 5.79. The molecule has 0 saturated carbocycles. The van der Waals surface area contributed by atoms with E-state index in [0.717, 1.165) is 11.1 Å². The molecule has 4 nitrogen and oxygen atoms in total. The SMILES string of the molecule is Cc1ccccc1NC(=O)/C(C#N)=C\NCc1ccccc1Cl. The summed E-state index contributed by atoms with van der Waals surface area (Å²) < 4.78 is 0. The quantitative estimate of drug-likeness (QED) is 0.649. The zero-order valence-electron chi connectivity index (χ0n) is 12.6. The minimum absolute atomic E-state index is 0.000284. The lowest BCUT2D eigenvalue weighted by molar-refractivity contribution is -0.112. The molecule has 2 aromatic rings. The number of halogens is 1. The summed E-state index contributed by atoms with van der Waals surface area (Å²) in [6.07, 6.45) is 1.40. The van der Waals surface area contributed by atoms with Gasteiger partial charge in [0.1, 0.15) is 11.6 Å². The predicted molar refractivity (Wildman–Crippen MR) is 91.8 cm³/mol. The largest absolute Gasteiger partial charge is 0.386 e. The number of benzene rings is 2. The highest BCUT2D eigenvalue weighted by atomic mass is 35.5. The van der Waals surface area contributed by atoms with Crippen LogP contribution in [-0.4, -0.2) is 5.91 Å². The molecule has 0 fully saturated rings. The van der Waals surface area contributed by atoms with E-state index in [2.05, 4.69) is 10.6 Å². The summed E-state index contributed by atoms with van der Waals surface area (Å²) in [4.78, 5) is 12.1.